The molecule has 1 aromatic rings. The van der Waals surface area contributed by atoms with Crippen molar-refractivity contribution in [3.05, 3.63) is 35.4 Å². The fourth-order valence-corrected chi connectivity index (χ4v) is 1.25. The summed E-state index contributed by atoms with van der Waals surface area (Å²) in [7, 11) is 0. The van der Waals surface area contributed by atoms with Gasteiger partial charge in [0.2, 0.25) is 0 Å². The summed E-state index contributed by atoms with van der Waals surface area (Å²) < 4.78 is 37.0. The minimum Gasteiger partial charge on any atom is -0.389 e. The highest BCUT2D eigenvalue weighted by Gasteiger charge is 2.31. The first kappa shape index (κ1) is 13.0. The normalized spacial score (nSPS) is 15.9. The van der Waals surface area contributed by atoms with Crippen molar-refractivity contribution in [2.45, 2.75) is 18.4 Å². The van der Waals surface area contributed by atoms with Crippen LogP contribution in [0.4, 0.5) is 13.2 Å². The molecule has 0 spiro atoms. The number of benzene rings is 1. The summed E-state index contributed by atoms with van der Waals surface area (Å²) in [5, 5.41) is 18.7. The third kappa shape index (κ3) is 2.94. The fourth-order valence-electron chi connectivity index (χ4n) is 1.25. The lowest BCUT2D eigenvalue weighted by molar-refractivity contribution is -0.137. The number of nitrogens with two attached hydrogens (primary N) is 1. The van der Waals surface area contributed by atoms with Gasteiger partial charge in [0, 0.05) is 6.54 Å². The molecule has 0 fully saturated rings. The van der Waals surface area contributed by atoms with Crippen LogP contribution in [0.25, 0.3) is 0 Å². The molecule has 2 atom stereocenters. The van der Waals surface area contributed by atoms with E-state index in [-0.39, 0.29) is 12.1 Å². The maximum absolute atomic E-state index is 12.3. The Labute approximate surface area is 90.3 Å². The molecule has 0 aliphatic carbocycles. The zero-order valence-electron chi connectivity index (χ0n) is 8.28. The monoisotopic (exact) mass is 235 g/mol. The number of aliphatic hydroxyl groups excluding tert-OH is 2. The third-order valence-corrected chi connectivity index (χ3v) is 2.16. The summed E-state index contributed by atoms with van der Waals surface area (Å²) in [5.41, 5.74) is 4.23. The number of aliphatic hydroxyl groups is 2. The highest BCUT2D eigenvalue weighted by Crippen LogP contribution is 2.31. The van der Waals surface area contributed by atoms with E-state index >= 15 is 0 Å². The van der Waals surface area contributed by atoms with Crippen LogP contribution in [0.5, 0.6) is 0 Å². The molecular formula is C10H12F3NO2. The number of hydrogen-bond donors (Lipinski definition) is 3. The summed E-state index contributed by atoms with van der Waals surface area (Å²) in [4.78, 5) is 0. The average molecular weight is 235 g/mol. The van der Waals surface area contributed by atoms with Crippen molar-refractivity contribution in [1.82, 2.24) is 0 Å². The second-order valence-corrected chi connectivity index (χ2v) is 3.37. The molecule has 0 aliphatic heterocycles. The summed E-state index contributed by atoms with van der Waals surface area (Å²) in [6, 6.07) is 4.16. The standard InChI is InChI=1S/C10H12F3NO2/c11-10(12,13)7-3-1-2-6(4-7)9(16)8(15)5-14/h1-4,8-9,15-16H,5,14H2. The Morgan fingerprint density at radius 1 is 1.25 bits per heavy atom. The Morgan fingerprint density at radius 3 is 2.38 bits per heavy atom. The number of halogens is 3. The van der Waals surface area contributed by atoms with Gasteiger partial charge in [0.25, 0.3) is 0 Å². The maximum atomic E-state index is 12.3. The zero-order chi connectivity index (χ0) is 12.3. The second-order valence-electron chi connectivity index (χ2n) is 3.37. The molecule has 0 bridgehead atoms. The summed E-state index contributed by atoms with van der Waals surface area (Å²) >= 11 is 0. The largest absolute Gasteiger partial charge is 0.416 e. The van der Waals surface area contributed by atoms with E-state index in [1.165, 1.54) is 12.1 Å². The van der Waals surface area contributed by atoms with E-state index in [9.17, 15) is 23.4 Å². The lowest BCUT2D eigenvalue weighted by Crippen LogP contribution is -2.27. The topological polar surface area (TPSA) is 66.5 Å². The Kier molecular flexibility index (Phi) is 3.90. The summed E-state index contributed by atoms with van der Waals surface area (Å²) in [5.74, 6) is 0. The SMILES string of the molecule is NCC(O)C(O)c1cccc(C(F)(F)F)c1. The Balaban J connectivity index is 2.99. The van der Waals surface area contributed by atoms with Crippen LogP contribution in [-0.2, 0) is 6.18 Å². The predicted molar refractivity (Wildman–Crippen MR) is 51.5 cm³/mol. The van der Waals surface area contributed by atoms with Gasteiger partial charge in [-0.05, 0) is 17.7 Å². The van der Waals surface area contributed by atoms with E-state index in [4.69, 9.17) is 5.73 Å². The Bertz CT molecular complexity index is 354. The smallest absolute Gasteiger partial charge is 0.389 e. The molecule has 0 saturated carbocycles. The fraction of sp³-hybridized carbons (Fsp3) is 0.400. The van der Waals surface area contributed by atoms with Crippen LogP contribution in [0.2, 0.25) is 0 Å². The minimum atomic E-state index is -4.47. The molecule has 3 nitrogen and oxygen atoms in total. The van der Waals surface area contributed by atoms with Gasteiger partial charge in [-0.25, -0.2) is 0 Å². The van der Waals surface area contributed by atoms with Crippen molar-refractivity contribution in [3.63, 3.8) is 0 Å². The van der Waals surface area contributed by atoms with Gasteiger partial charge in [-0.2, -0.15) is 13.2 Å². The molecule has 6 heteroatoms. The van der Waals surface area contributed by atoms with Gasteiger partial charge in [0.1, 0.15) is 6.10 Å². The second kappa shape index (κ2) is 4.82. The molecule has 2 unspecified atom stereocenters. The van der Waals surface area contributed by atoms with Crippen LogP contribution in [0.1, 0.15) is 17.2 Å². The highest BCUT2D eigenvalue weighted by molar-refractivity contribution is 5.27. The molecule has 0 saturated heterocycles. The molecule has 0 aromatic heterocycles. The Morgan fingerprint density at radius 2 is 1.88 bits per heavy atom. The first-order chi connectivity index (χ1) is 7.36. The van der Waals surface area contributed by atoms with Crippen molar-refractivity contribution >= 4 is 0 Å². The summed E-state index contributed by atoms with van der Waals surface area (Å²) in [6.07, 6.45) is -7.15. The summed E-state index contributed by atoms with van der Waals surface area (Å²) in [6.45, 7) is -0.225. The molecule has 0 heterocycles. The third-order valence-electron chi connectivity index (χ3n) is 2.16. The number of rotatable bonds is 3. The molecule has 90 valence electrons. The van der Waals surface area contributed by atoms with Crippen LogP contribution < -0.4 is 5.73 Å². The first-order valence-corrected chi connectivity index (χ1v) is 4.59. The molecule has 0 radical (unpaired) electrons. The maximum Gasteiger partial charge on any atom is 0.416 e. The molecule has 16 heavy (non-hydrogen) atoms. The van der Waals surface area contributed by atoms with Crippen molar-refractivity contribution < 1.29 is 23.4 Å². The van der Waals surface area contributed by atoms with E-state index < -0.39 is 23.9 Å². The Hall–Kier alpha value is -1.11. The van der Waals surface area contributed by atoms with Gasteiger partial charge in [-0.3, -0.25) is 0 Å². The van der Waals surface area contributed by atoms with Gasteiger partial charge in [0.05, 0.1) is 11.7 Å². The minimum absolute atomic E-state index is 0.00669. The zero-order valence-corrected chi connectivity index (χ0v) is 8.28. The van der Waals surface area contributed by atoms with Crippen molar-refractivity contribution in [3.8, 4) is 0 Å². The first-order valence-electron chi connectivity index (χ1n) is 4.59. The van der Waals surface area contributed by atoms with E-state index in [0.29, 0.717) is 0 Å². The van der Waals surface area contributed by atoms with Crippen molar-refractivity contribution in [2.24, 2.45) is 5.73 Å². The van der Waals surface area contributed by atoms with Gasteiger partial charge in [-0.1, -0.05) is 12.1 Å². The average Bonchev–Trinajstić information content (AvgIpc) is 2.26. The van der Waals surface area contributed by atoms with Gasteiger partial charge in [-0.15, -0.1) is 0 Å². The van der Waals surface area contributed by atoms with Crippen LogP contribution in [0.3, 0.4) is 0 Å². The number of hydrogen-bond acceptors (Lipinski definition) is 3. The van der Waals surface area contributed by atoms with Gasteiger partial charge >= 0.3 is 6.18 Å². The van der Waals surface area contributed by atoms with Crippen LogP contribution in [0, 0.1) is 0 Å². The molecule has 0 aliphatic rings. The van der Waals surface area contributed by atoms with E-state index in [2.05, 4.69) is 0 Å². The van der Waals surface area contributed by atoms with Gasteiger partial charge < -0.3 is 15.9 Å². The van der Waals surface area contributed by atoms with E-state index in [1.807, 2.05) is 0 Å². The van der Waals surface area contributed by atoms with Crippen molar-refractivity contribution in [2.75, 3.05) is 6.54 Å². The van der Waals surface area contributed by atoms with E-state index in [1.54, 1.807) is 0 Å². The highest BCUT2D eigenvalue weighted by atomic mass is 19.4. The lowest BCUT2D eigenvalue weighted by Gasteiger charge is -2.17. The lowest BCUT2D eigenvalue weighted by atomic mass is 10.0. The number of alkyl halides is 3. The molecule has 1 rings (SSSR count). The van der Waals surface area contributed by atoms with Crippen LogP contribution in [-0.4, -0.2) is 22.9 Å². The molecular weight excluding hydrogens is 223 g/mol. The van der Waals surface area contributed by atoms with Crippen LogP contribution >= 0.6 is 0 Å². The quantitative estimate of drug-likeness (QED) is 0.733. The molecule has 4 N–H and O–H groups in total. The van der Waals surface area contributed by atoms with E-state index in [0.717, 1.165) is 12.1 Å². The van der Waals surface area contributed by atoms with Crippen LogP contribution in [0.15, 0.2) is 24.3 Å². The van der Waals surface area contributed by atoms with Gasteiger partial charge in [0.15, 0.2) is 0 Å². The predicted octanol–water partition coefficient (Wildman–Crippen LogP) is 1.06. The van der Waals surface area contributed by atoms with Crippen molar-refractivity contribution in [1.29, 1.82) is 0 Å². The molecule has 0 amide bonds. The molecule has 1 aromatic carbocycles.